The first-order valence-corrected chi connectivity index (χ1v) is 11.0. The second-order valence-electron chi connectivity index (χ2n) is 7.99. The smallest absolute Gasteiger partial charge is 0.257 e. The van der Waals surface area contributed by atoms with Crippen molar-refractivity contribution >= 4 is 44.9 Å². The molecule has 0 radical (unpaired) electrons. The summed E-state index contributed by atoms with van der Waals surface area (Å²) >= 11 is 0. The number of para-hydroxylation sites is 1. The number of rotatable bonds is 5. The second kappa shape index (κ2) is 8.68. The molecule has 0 aliphatic rings. The summed E-state index contributed by atoms with van der Waals surface area (Å²) in [4.78, 5) is 26.2. The molecule has 0 fully saturated rings. The van der Waals surface area contributed by atoms with Crippen molar-refractivity contribution in [1.82, 2.24) is 25.1 Å². The zero-order valence-corrected chi connectivity index (χ0v) is 18.4. The van der Waals surface area contributed by atoms with Gasteiger partial charge < -0.3 is 10.6 Å². The number of hydrogen-bond acceptors (Lipinski definition) is 6. The van der Waals surface area contributed by atoms with Gasteiger partial charge in [0.15, 0.2) is 5.82 Å². The molecule has 6 rings (SSSR count). The van der Waals surface area contributed by atoms with Crippen LogP contribution >= 0.6 is 0 Å². The first-order valence-electron chi connectivity index (χ1n) is 11.0. The number of aromatic amines is 1. The molecule has 0 aliphatic heterocycles. The molecule has 0 atom stereocenters. The van der Waals surface area contributed by atoms with Crippen molar-refractivity contribution in [2.45, 2.75) is 0 Å². The highest BCUT2D eigenvalue weighted by Crippen LogP contribution is 2.29. The number of carbonyl (C=O) groups is 1. The molecule has 3 heterocycles. The average molecular weight is 457 g/mol. The number of carbonyl (C=O) groups excluding carboxylic acids is 1. The Hall–Kier alpha value is -5.11. The predicted octanol–water partition coefficient (Wildman–Crippen LogP) is 5.56. The van der Waals surface area contributed by atoms with Gasteiger partial charge in [-0.2, -0.15) is 5.10 Å². The van der Waals surface area contributed by atoms with Crippen LogP contribution in [0.25, 0.3) is 33.2 Å². The SMILES string of the molecule is O=C(Nc1cccc(-c2nc(Nc3ccc4[nH]ncc4c3)c3ccccc3n2)c1)c1cccnc1. The Morgan fingerprint density at radius 1 is 0.829 bits per heavy atom. The number of amides is 1. The van der Waals surface area contributed by atoms with E-state index in [-0.39, 0.29) is 5.91 Å². The van der Waals surface area contributed by atoms with Crippen molar-refractivity contribution in [2.75, 3.05) is 10.6 Å². The third kappa shape index (κ3) is 4.16. The van der Waals surface area contributed by atoms with Gasteiger partial charge in [-0.1, -0.05) is 24.3 Å². The van der Waals surface area contributed by atoms with Crippen LogP contribution in [-0.4, -0.2) is 31.1 Å². The Balaban J connectivity index is 1.36. The quantitative estimate of drug-likeness (QED) is 0.313. The molecule has 0 aliphatic carbocycles. The van der Waals surface area contributed by atoms with E-state index in [9.17, 15) is 4.79 Å². The third-order valence-electron chi connectivity index (χ3n) is 5.61. The van der Waals surface area contributed by atoms with Crippen molar-refractivity contribution < 1.29 is 4.79 Å². The summed E-state index contributed by atoms with van der Waals surface area (Å²) < 4.78 is 0. The molecular weight excluding hydrogens is 438 g/mol. The number of pyridine rings is 1. The lowest BCUT2D eigenvalue weighted by Crippen LogP contribution is -2.12. The molecule has 0 saturated carbocycles. The van der Waals surface area contributed by atoms with Crippen molar-refractivity contribution in [2.24, 2.45) is 0 Å². The molecule has 0 bridgehead atoms. The number of anilines is 3. The van der Waals surface area contributed by atoms with E-state index in [1.165, 1.54) is 6.20 Å². The minimum atomic E-state index is -0.230. The molecule has 3 N–H and O–H groups in total. The van der Waals surface area contributed by atoms with E-state index in [0.29, 0.717) is 22.9 Å². The van der Waals surface area contributed by atoms with Crippen molar-refractivity contribution in [3.05, 3.63) is 103 Å². The summed E-state index contributed by atoms with van der Waals surface area (Å²) in [6.45, 7) is 0. The fourth-order valence-corrected chi connectivity index (χ4v) is 3.89. The summed E-state index contributed by atoms with van der Waals surface area (Å²) in [5.41, 5.74) is 4.59. The zero-order valence-electron chi connectivity index (χ0n) is 18.4. The van der Waals surface area contributed by atoms with Crippen LogP contribution in [0, 0.1) is 0 Å². The minimum Gasteiger partial charge on any atom is -0.340 e. The van der Waals surface area contributed by atoms with E-state index < -0.39 is 0 Å². The summed E-state index contributed by atoms with van der Waals surface area (Å²) in [6, 6.07) is 24.8. The summed E-state index contributed by atoms with van der Waals surface area (Å²) in [5, 5.41) is 15.3. The fraction of sp³-hybridized carbons (Fsp3) is 0. The molecule has 3 aromatic heterocycles. The van der Waals surface area contributed by atoms with Gasteiger partial charge in [-0.3, -0.25) is 14.9 Å². The monoisotopic (exact) mass is 457 g/mol. The molecular formula is C27H19N7O. The normalized spacial score (nSPS) is 11.0. The van der Waals surface area contributed by atoms with Gasteiger partial charge in [0.2, 0.25) is 0 Å². The van der Waals surface area contributed by atoms with E-state index >= 15 is 0 Å². The van der Waals surface area contributed by atoms with Crippen LogP contribution < -0.4 is 10.6 Å². The van der Waals surface area contributed by atoms with Crippen LogP contribution in [0.1, 0.15) is 10.4 Å². The molecule has 8 nitrogen and oxygen atoms in total. The van der Waals surface area contributed by atoms with E-state index in [1.54, 1.807) is 24.5 Å². The number of aromatic nitrogens is 5. The number of nitrogens with one attached hydrogen (secondary N) is 3. The molecule has 8 heteroatoms. The van der Waals surface area contributed by atoms with Gasteiger partial charge in [-0.15, -0.1) is 0 Å². The second-order valence-corrected chi connectivity index (χ2v) is 7.99. The summed E-state index contributed by atoms with van der Waals surface area (Å²) in [6.07, 6.45) is 4.95. The lowest BCUT2D eigenvalue weighted by atomic mass is 10.1. The lowest BCUT2D eigenvalue weighted by Gasteiger charge is -2.12. The molecule has 6 aromatic rings. The highest BCUT2D eigenvalue weighted by molar-refractivity contribution is 6.04. The molecule has 0 unspecified atom stereocenters. The van der Waals surface area contributed by atoms with Crippen LogP contribution in [0.15, 0.2) is 97.5 Å². The lowest BCUT2D eigenvalue weighted by molar-refractivity contribution is 0.102. The molecule has 1 amide bonds. The maximum atomic E-state index is 12.6. The highest BCUT2D eigenvalue weighted by Gasteiger charge is 2.12. The Bertz CT molecular complexity index is 1680. The van der Waals surface area contributed by atoms with Crippen LogP contribution in [0.3, 0.4) is 0 Å². The fourth-order valence-electron chi connectivity index (χ4n) is 3.89. The Kier molecular flexibility index (Phi) is 5.08. The Morgan fingerprint density at radius 3 is 2.69 bits per heavy atom. The van der Waals surface area contributed by atoms with Gasteiger partial charge in [0.1, 0.15) is 5.82 Å². The van der Waals surface area contributed by atoms with E-state index in [2.05, 4.69) is 25.8 Å². The number of benzene rings is 3. The number of nitrogens with zero attached hydrogens (tertiary/aromatic N) is 4. The third-order valence-corrected chi connectivity index (χ3v) is 5.61. The van der Waals surface area contributed by atoms with Crippen LogP contribution in [0.2, 0.25) is 0 Å². The van der Waals surface area contributed by atoms with Gasteiger partial charge in [0.25, 0.3) is 5.91 Å². The van der Waals surface area contributed by atoms with Crippen LogP contribution in [-0.2, 0) is 0 Å². The van der Waals surface area contributed by atoms with Gasteiger partial charge in [0, 0.05) is 40.1 Å². The highest BCUT2D eigenvalue weighted by atomic mass is 16.1. The molecule has 35 heavy (non-hydrogen) atoms. The number of hydrogen-bond donors (Lipinski definition) is 3. The van der Waals surface area contributed by atoms with Crippen LogP contribution in [0.4, 0.5) is 17.2 Å². The standard InChI is InChI=1S/C27H19N7O/c35-27(18-6-4-12-28-15-18)31-20-7-3-5-17(13-20)25-32-24-9-2-1-8-22(24)26(33-25)30-21-10-11-23-19(14-21)16-29-34-23/h1-16H,(H,29,34)(H,31,35)(H,30,32,33). The average Bonchev–Trinajstić information content (AvgIpc) is 3.37. The van der Waals surface area contributed by atoms with Gasteiger partial charge in [-0.05, 0) is 54.6 Å². The molecule has 0 spiro atoms. The van der Waals surface area contributed by atoms with Gasteiger partial charge in [0.05, 0.1) is 22.8 Å². The predicted molar refractivity (Wildman–Crippen MR) is 137 cm³/mol. The van der Waals surface area contributed by atoms with E-state index in [1.807, 2.05) is 66.7 Å². The Morgan fingerprint density at radius 2 is 1.77 bits per heavy atom. The first-order chi connectivity index (χ1) is 17.2. The van der Waals surface area contributed by atoms with Crippen molar-refractivity contribution in [3.63, 3.8) is 0 Å². The zero-order chi connectivity index (χ0) is 23.6. The molecule has 3 aromatic carbocycles. The maximum Gasteiger partial charge on any atom is 0.257 e. The van der Waals surface area contributed by atoms with E-state index in [4.69, 9.17) is 9.97 Å². The van der Waals surface area contributed by atoms with Crippen LogP contribution in [0.5, 0.6) is 0 Å². The summed E-state index contributed by atoms with van der Waals surface area (Å²) in [5.74, 6) is 1.01. The number of H-pyrrole nitrogens is 1. The summed E-state index contributed by atoms with van der Waals surface area (Å²) in [7, 11) is 0. The van der Waals surface area contributed by atoms with Gasteiger partial charge >= 0.3 is 0 Å². The minimum absolute atomic E-state index is 0.230. The van der Waals surface area contributed by atoms with Crippen molar-refractivity contribution in [3.8, 4) is 11.4 Å². The van der Waals surface area contributed by atoms with E-state index in [0.717, 1.165) is 33.1 Å². The molecule has 168 valence electrons. The Labute approximate surface area is 200 Å². The van der Waals surface area contributed by atoms with Gasteiger partial charge in [-0.25, -0.2) is 9.97 Å². The molecule has 0 saturated heterocycles. The largest absolute Gasteiger partial charge is 0.340 e. The first kappa shape index (κ1) is 20.5. The maximum absolute atomic E-state index is 12.6. The van der Waals surface area contributed by atoms with Crippen molar-refractivity contribution in [1.29, 1.82) is 0 Å². The topological polar surface area (TPSA) is 108 Å². The number of fused-ring (bicyclic) bond motifs is 2.